The maximum absolute atomic E-state index is 15.1. The SMILES string of the molecule is CNc1ncc2cc(-c3cc(NC(=O)Nc4cnc(C(C)(C)C)nc4-c4ccccc4)c(F)cc3C)c(=O)[nH]c2c1C. The number of fused-ring (bicyclic) bond motifs is 1. The largest absolute Gasteiger partial charge is 0.373 e. The van der Waals surface area contributed by atoms with Gasteiger partial charge in [0.25, 0.3) is 5.56 Å². The van der Waals surface area contributed by atoms with Gasteiger partial charge < -0.3 is 20.9 Å². The molecule has 214 valence electrons. The molecule has 0 fully saturated rings. The second-order valence-electron chi connectivity index (χ2n) is 11.1. The molecule has 0 spiro atoms. The molecule has 0 saturated heterocycles. The van der Waals surface area contributed by atoms with Gasteiger partial charge in [-0.25, -0.2) is 24.1 Å². The standard InChI is InChI=1S/C32H32FN7O2/c1-17-12-23(33)24(14-21(17)22-13-20-15-35-28(34-6)18(2)26(20)39-29(22)41)37-31(42)38-25-16-36-30(32(3,4)5)40-27(25)19-10-8-7-9-11-19/h7-16H,1-6H3,(H,34,35)(H,39,41)(H2,37,38,42). The smallest absolute Gasteiger partial charge is 0.323 e. The van der Waals surface area contributed by atoms with Gasteiger partial charge in [-0.3, -0.25) is 4.79 Å². The zero-order chi connectivity index (χ0) is 30.2. The summed E-state index contributed by atoms with van der Waals surface area (Å²) in [6, 6.07) is 13.2. The molecular weight excluding hydrogens is 533 g/mol. The normalized spacial score (nSPS) is 11.4. The molecule has 3 heterocycles. The van der Waals surface area contributed by atoms with E-state index in [0.29, 0.717) is 45.2 Å². The summed E-state index contributed by atoms with van der Waals surface area (Å²) in [6.07, 6.45) is 3.22. The van der Waals surface area contributed by atoms with E-state index in [9.17, 15) is 9.59 Å². The number of rotatable bonds is 5. The Morgan fingerprint density at radius 3 is 2.33 bits per heavy atom. The maximum Gasteiger partial charge on any atom is 0.323 e. The van der Waals surface area contributed by atoms with Gasteiger partial charge in [0, 0.05) is 40.7 Å². The quantitative estimate of drug-likeness (QED) is 0.186. The molecule has 0 aliphatic rings. The van der Waals surface area contributed by atoms with Crippen LogP contribution < -0.4 is 21.5 Å². The predicted octanol–water partition coefficient (Wildman–Crippen LogP) is 6.79. The van der Waals surface area contributed by atoms with Crippen molar-refractivity contribution in [2.75, 3.05) is 23.0 Å². The molecule has 0 aliphatic carbocycles. The Balaban J connectivity index is 1.48. The van der Waals surface area contributed by atoms with Crippen molar-refractivity contribution in [3.8, 4) is 22.4 Å². The number of anilines is 3. The maximum atomic E-state index is 15.1. The third-order valence-corrected chi connectivity index (χ3v) is 6.98. The van der Waals surface area contributed by atoms with Crippen LogP contribution in [-0.4, -0.2) is 33.0 Å². The molecular formula is C32H32FN7O2. The number of aromatic nitrogens is 4. The number of hydrogen-bond donors (Lipinski definition) is 4. The van der Waals surface area contributed by atoms with Gasteiger partial charge in [-0.05, 0) is 43.2 Å². The van der Waals surface area contributed by atoms with Crippen LogP contribution in [0.2, 0.25) is 0 Å². The minimum atomic E-state index is -0.681. The van der Waals surface area contributed by atoms with E-state index >= 15 is 4.39 Å². The second kappa shape index (κ2) is 11.0. The van der Waals surface area contributed by atoms with Crippen molar-refractivity contribution < 1.29 is 9.18 Å². The minimum Gasteiger partial charge on any atom is -0.373 e. The van der Waals surface area contributed by atoms with Crippen LogP contribution in [0.15, 0.2) is 65.7 Å². The Hall–Kier alpha value is -5.12. The van der Waals surface area contributed by atoms with Crippen molar-refractivity contribution in [3.63, 3.8) is 0 Å². The third kappa shape index (κ3) is 5.56. The van der Waals surface area contributed by atoms with Gasteiger partial charge >= 0.3 is 6.03 Å². The first-order valence-electron chi connectivity index (χ1n) is 13.5. The average molecular weight is 566 g/mol. The highest BCUT2D eigenvalue weighted by Gasteiger charge is 2.21. The highest BCUT2D eigenvalue weighted by molar-refractivity contribution is 6.02. The van der Waals surface area contributed by atoms with Gasteiger partial charge in [0.2, 0.25) is 0 Å². The molecule has 4 N–H and O–H groups in total. The van der Waals surface area contributed by atoms with E-state index in [0.717, 1.165) is 16.5 Å². The fourth-order valence-corrected chi connectivity index (χ4v) is 4.75. The summed E-state index contributed by atoms with van der Waals surface area (Å²) < 4.78 is 15.1. The number of benzene rings is 2. The summed E-state index contributed by atoms with van der Waals surface area (Å²) in [6.45, 7) is 9.59. The highest BCUT2D eigenvalue weighted by atomic mass is 19.1. The van der Waals surface area contributed by atoms with E-state index in [4.69, 9.17) is 4.98 Å². The number of carbonyl (C=O) groups excluding carboxylic acids is 1. The van der Waals surface area contributed by atoms with Crippen LogP contribution in [0.4, 0.5) is 26.4 Å². The summed E-state index contributed by atoms with van der Waals surface area (Å²) in [5.74, 6) is 0.646. The molecule has 3 aromatic heterocycles. The van der Waals surface area contributed by atoms with Crippen LogP contribution in [0, 0.1) is 19.7 Å². The number of hydrogen-bond acceptors (Lipinski definition) is 6. The fourth-order valence-electron chi connectivity index (χ4n) is 4.75. The first kappa shape index (κ1) is 28.4. The van der Waals surface area contributed by atoms with Gasteiger partial charge in [0.15, 0.2) is 0 Å². The first-order chi connectivity index (χ1) is 20.0. The molecule has 42 heavy (non-hydrogen) atoms. The summed E-state index contributed by atoms with van der Waals surface area (Å²) in [5.41, 5.74) is 3.80. The van der Waals surface area contributed by atoms with Crippen LogP contribution in [0.1, 0.15) is 37.7 Å². The van der Waals surface area contributed by atoms with Crippen molar-refractivity contribution in [2.45, 2.75) is 40.0 Å². The number of halogens is 1. The number of aryl methyl sites for hydroxylation is 2. The lowest BCUT2D eigenvalue weighted by Crippen LogP contribution is -2.22. The Labute approximate surface area is 242 Å². The van der Waals surface area contributed by atoms with Gasteiger partial charge in [0.1, 0.15) is 17.5 Å². The number of carbonyl (C=O) groups is 1. The molecule has 0 bridgehead atoms. The Kier molecular flexibility index (Phi) is 7.47. The molecule has 0 saturated carbocycles. The molecule has 9 nitrogen and oxygen atoms in total. The number of H-pyrrole nitrogens is 1. The predicted molar refractivity (Wildman–Crippen MR) is 166 cm³/mol. The summed E-state index contributed by atoms with van der Waals surface area (Å²) in [5, 5.41) is 9.08. The van der Waals surface area contributed by atoms with Gasteiger partial charge in [-0.2, -0.15) is 0 Å². The van der Waals surface area contributed by atoms with E-state index in [-0.39, 0.29) is 16.7 Å². The number of urea groups is 1. The lowest BCUT2D eigenvalue weighted by Gasteiger charge is -2.19. The van der Waals surface area contributed by atoms with Crippen molar-refractivity contribution >= 4 is 34.1 Å². The molecule has 5 aromatic rings. The van der Waals surface area contributed by atoms with Crippen molar-refractivity contribution in [1.29, 1.82) is 0 Å². The van der Waals surface area contributed by atoms with Crippen LogP contribution >= 0.6 is 0 Å². The topological polar surface area (TPSA) is 125 Å². The summed E-state index contributed by atoms with van der Waals surface area (Å²) in [7, 11) is 1.76. The zero-order valence-electron chi connectivity index (χ0n) is 24.3. The Morgan fingerprint density at radius 2 is 1.64 bits per heavy atom. The molecule has 5 rings (SSSR count). The first-order valence-corrected chi connectivity index (χ1v) is 13.5. The molecule has 0 atom stereocenters. The Bertz CT molecular complexity index is 1880. The number of aromatic amines is 1. The average Bonchev–Trinajstić information content (AvgIpc) is 2.95. The Morgan fingerprint density at radius 1 is 0.929 bits per heavy atom. The minimum absolute atomic E-state index is 0.0825. The van der Waals surface area contributed by atoms with Crippen molar-refractivity contribution in [2.24, 2.45) is 0 Å². The van der Waals surface area contributed by atoms with E-state index < -0.39 is 11.8 Å². The fraction of sp³-hybridized carbons (Fsp3) is 0.219. The second-order valence-corrected chi connectivity index (χ2v) is 11.1. The molecule has 10 heteroatoms. The summed E-state index contributed by atoms with van der Waals surface area (Å²) >= 11 is 0. The monoisotopic (exact) mass is 565 g/mol. The molecule has 0 aliphatic heterocycles. The zero-order valence-corrected chi connectivity index (χ0v) is 24.3. The van der Waals surface area contributed by atoms with E-state index in [1.165, 1.54) is 12.1 Å². The van der Waals surface area contributed by atoms with E-state index in [1.54, 1.807) is 32.4 Å². The van der Waals surface area contributed by atoms with E-state index in [2.05, 4.69) is 30.9 Å². The molecule has 0 radical (unpaired) electrons. The van der Waals surface area contributed by atoms with Crippen LogP contribution in [0.25, 0.3) is 33.3 Å². The molecule has 2 aromatic carbocycles. The lowest BCUT2D eigenvalue weighted by atomic mass is 9.95. The number of nitrogens with one attached hydrogen (secondary N) is 4. The van der Waals surface area contributed by atoms with Crippen molar-refractivity contribution in [3.05, 3.63) is 94.0 Å². The van der Waals surface area contributed by atoms with Crippen LogP contribution in [0.3, 0.4) is 0 Å². The van der Waals surface area contributed by atoms with Crippen molar-refractivity contribution in [1.82, 2.24) is 19.9 Å². The lowest BCUT2D eigenvalue weighted by molar-refractivity contribution is 0.262. The van der Waals surface area contributed by atoms with Gasteiger partial charge in [-0.15, -0.1) is 0 Å². The van der Waals surface area contributed by atoms with Crippen LogP contribution in [-0.2, 0) is 5.41 Å². The molecule has 2 amide bonds. The van der Waals surface area contributed by atoms with E-state index in [1.807, 2.05) is 58.0 Å². The number of nitrogens with zero attached hydrogens (tertiary/aromatic N) is 3. The van der Waals surface area contributed by atoms with Gasteiger partial charge in [0.05, 0.1) is 28.8 Å². The summed E-state index contributed by atoms with van der Waals surface area (Å²) in [4.78, 5) is 42.8. The third-order valence-electron chi connectivity index (χ3n) is 6.98. The van der Waals surface area contributed by atoms with Crippen LogP contribution in [0.5, 0.6) is 0 Å². The molecule has 0 unspecified atom stereocenters. The van der Waals surface area contributed by atoms with Gasteiger partial charge in [-0.1, -0.05) is 51.1 Å². The highest BCUT2D eigenvalue weighted by Crippen LogP contribution is 2.31. The number of pyridine rings is 2. The number of amides is 2.